The molecule has 2 rings (SSSR count). The smallest absolute Gasteiger partial charge is 0.303 e. The summed E-state index contributed by atoms with van der Waals surface area (Å²) in [6.07, 6.45) is 5.13. The van der Waals surface area contributed by atoms with E-state index in [1.54, 1.807) is 6.20 Å². The van der Waals surface area contributed by atoms with Gasteiger partial charge in [-0.15, -0.1) is 0 Å². The van der Waals surface area contributed by atoms with Gasteiger partial charge in [0.2, 0.25) is 5.91 Å². The first-order valence-corrected chi connectivity index (χ1v) is 8.08. The molecular weight excluding hydrogens is 304 g/mol. The lowest BCUT2D eigenvalue weighted by Gasteiger charge is -2.15. The second kappa shape index (κ2) is 8.82. The van der Waals surface area contributed by atoms with Crippen molar-refractivity contribution in [2.45, 2.75) is 38.6 Å². The number of carbonyl (C=O) groups is 2. The molecule has 1 atom stereocenters. The maximum absolute atomic E-state index is 11.9. The number of unbranched alkanes of at least 4 members (excludes halogenated alkanes) is 1. The van der Waals surface area contributed by atoms with Crippen molar-refractivity contribution in [1.82, 2.24) is 10.3 Å². The number of aromatic nitrogens is 1. The van der Waals surface area contributed by atoms with Crippen LogP contribution in [-0.2, 0) is 9.59 Å². The van der Waals surface area contributed by atoms with Gasteiger partial charge in [-0.05, 0) is 42.5 Å². The molecule has 2 N–H and O–H groups in total. The molecule has 0 aliphatic rings. The van der Waals surface area contributed by atoms with Gasteiger partial charge < -0.3 is 10.4 Å². The number of carboxylic acid groups (broad SMARTS) is 1. The minimum Gasteiger partial charge on any atom is -0.481 e. The van der Waals surface area contributed by atoms with Crippen molar-refractivity contribution in [1.29, 1.82) is 0 Å². The number of rotatable bonds is 8. The standard InChI is InChI=1S/C19H22N2O3/c1-14(21-18(22)6-2-3-7-19(23)24)15-8-10-16(11-9-15)17-5-4-12-20-13-17/h4-5,8-14H,2-3,6-7H2,1H3,(H,21,22)(H,23,24). The van der Waals surface area contributed by atoms with Gasteiger partial charge in [0.25, 0.3) is 0 Å². The summed E-state index contributed by atoms with van der Waals surface area (Å²) in [4.78, 5) is 26.4. The summed E-state index contributed by atoms with van der Waals surface area (Å²) in [5, 5.41) is 11.5. The zero-order valence-electron chi connectivity index (χ0n) is 13.7. The first-order chi connectivity index (χ1) is 11.6. The van der Waals surface area contributed by atoms with Crippen LogP contribution in [0.4, 0.5) is 0 Å². The summed E-state index contributed by atoms with van der Waals surface area (Å²) in [5.41, 5.74) is 3.17. The molecule has 0 aliphatic heterocycles. The van der Waals surface area contributed by atoms with E-state index >= 15 is 0 Å². The zero-order valence-corrected chi connectivity index (χ0v) is 13.7. The van der Waals surface area contributed by atoms with E-state index in [0.717, 1.165) is 16.7 Å². The Kier molecular flexibility index (Phi) is 6.49. The highest BCUT2D eigenvalue weighted by molar-refractivity contribution is 5.76. The van der Waals surface area contributed by atoms with Crippen molar-refractivity contribution in [2.24, 2.45) is 0 Å². The fourth-order valence-electron chi connectivity index (χ4n) is 2.46. The number of aliphatic carboxylic acids is 1. The van der Waals surface area contributed by atoms with E-state index in [9.17, 15) is 9.59 Å². The number of nitrogens with one attached hydrogen (secondary N) is 1. The highest BCUT2D eigenvalue weighted by Gasteiger charge is 2.10. The SMILES string of the molecule is CC(NC(=O)CCCCC(=O)O)c1ccc(-c2cccnc2)cc1. The van der Waals surface area contributed by atoms with Crippen LogP contribution in [0.5, 0.6) is 0 Å². The molecular formula is C19H22N2O3. The lowest BCUT2D eigenvalue weighted by Crippen LogP contribution is -2.26. The summed E-state index contributed by atoms with van der Waals surface area (Å²) in [7, 11) is 0. The zero-order chi connectivity index (χ0) is 17.4. The van der Waals surface area contributed by atoms with Crippen molar-refractivity contribution in [2.75, 3.05) is 0 Å². The van der Waals surface area contributed by atoms with Crippen LogP contribution in [0, 0.1) is 0 Å². The van der Waals surface area contributed by atoms with E-state index < -0.39 is 5.97 Å². The van der Waals surface area contributed by atoms with Crippen molar-refractivity contribution in [3.05, 3.63) is 54.4 Å². The fourth-order valence-corrected chi connectivity index (χ4v) is 2.46. The van der Waals surface area contributed by atoms with E-state index in [-0.39, 0.29) is 18.4 Å². The van der Waals surface area contributed by atoms with Crippen LogP contribution >= 0.6 is 0 Å². The second-order valence-electron chi connectivity index (χ2n) is 5.75. The van der Waals surface area contributed by atoms with Gasteiger partial charge in [0.1, 0.15) is 0 Å². The molecule has 126 valence electrons. The molecule has 0 fully saturated rings. The number of nitrogens with zero attached hydrogens (tertiary/aromatic N) is 1. The number of carboxylic acids is 1. The van der Waals surface area contributed by atoms with Crippen molar-refractivity contribution in [3.63, 3.8) is 0 Å². The number of hydrogen-bond donors (Lipinski definition) is 2. The first kappa shape index (κ1) is 17.7. The number of hydrogen-bond acceptors (Lipinski definition) is 3. The van der Waals surface area contributed by atoms with Gasteiger partial charge >= 0.3 is 5.97 Å². The number of benzene rings is 1. The molecule has 0 saturated heterocycles. The molecule has 1 aromatic heterocycles. The Morgan fingerprint density at radius 1 is 1.08 bits per heavy atom. The van der Waals surface area contributed by atoms with Crippen molar-refractivity contribution in [3.8, 4) is 11.1 Å². The van der Waals surface area contributed by atoms with Crippen molar-refractivity contribution >= 4 is 11.9 Å². The molecule has 2 aromatic rings. The predicted octanol–water partition coefficient (Wildman–Crippen LogP) is 3.57. The van der Waals surface area contributed by atoms with Crippen LogP contribution in [0.3, 0.4) is 0 Å². The maximum Gasteiger partial charge on any atom is 0.303 e. The highest BCUT2D eigenvalue weighted by atomic mass is 16.4. The van der Waals surface area contributed by atoms with Gasteiger partial charge in [-0.1, -0.05) is 30.3 Å². The number of amides is 1. The third kappa shape index (κ3) is 5.50. The lowest BCUT2D eigenvalue weighted by atomic mass is 10.0. The summed E-state index contributed by atoms with van der Waals surface area (Å²) in [6, 6.07) is 11.8. The second-order valence-corrected chi connectivity index (χ2v) is 5.75. The van der Waals surface area contributed by atoms with Gasteiger partial charge in [0.05, 0.1) is 6.04 Å². The number of pyridine rings is 1. The van der Waals surface area contributed by atoms with Gasteiger partial charge in [0.15, 0.2) is 0 Å². The Bertz CT molecular complexity index is 669. The van der Waals surface area contributed by atoms with Crippen LogP contribution < -0.4 is 5.32 Å². The molecule has 0 aliphatic carbocycles. The molecule has 1 amide bonds. The van der Waals surface area contributed by atoms with E-state index in [1.165, 1.54) is 0 Å². The molecule has 0 saturated carbocycles. The first-order valence-electron chi connectivity index (χ1n) is 8.08. The third-order valence-electron chi connectivity index (χ3n) is 3.83. The van der Waals surface area contributed by atoms with Gasteiger partial charge in [0, 0.05) is 25.2 Å². The van der Waals surface area contributed by atoms with Crippen LogP contribution in [0.25, 0.3) is 11.1 Å². The molecule has 0 radical (unpaired) electrons. The van der Waals surface area contributed by atoms with E-state index in [4.69, 9.17) is 5.11 Å². The Morgan fingerprint density at radius 3 is 2.42 bits per heavy atom. The molecule has 5 nitrogen and oxygen atoms in total. The van der Waals surface area contributed by atoms with E-state index in [1.807, 2.05) is 49.5 Å². The van der Waals surface area contributed by atoms with Gasteiger partial charge in [-0.25, -0.2) is 0 Å². The lowest BCUT2D eigenvalue weighted by molar-refractivity contribution is -0.137. The normalized spacial score (nSPS) is 11.7. The Labute approximate surface area is 141 Å². The fraction of sp³-hybridized carbons (Fsp3) is 0.316. The third-order valence-corrected chi connectivity index (χ3v) is 3.83. The summed E-state index contributed by atoms with van der Waals surface area (Å²) in [5.74, 6) is -0.873. The van der Waals surface area contributed by atoms with Crippen LogP contribution in [0.15, 0.2) is 48.8 Å². The molecule has 1 heterocycles. The topological polar surface area (TPSA) is 79.3 Å². The molecule has 5 heteroatoms. The predicted molar refractivity (Wildman–Crippen MR) is 92.3 cm³/mol. The molecule has 1 aromatic carbocycles. The van der Waals surface area contributed by atoms with Crippen LogP contribution in [0.2, 0.25) is 0 Å². The van der Waals surface area contributed by atoms with Gasteiger partial charge in [-0.3, -0.25) is 14.6 Å². The molecule has 1 unspecified atom stereocenters. The minimum absolute atomic E-state index is 0.0516. The average molecular weight is 326 g/mol. The monoisotopic (exact) mass is 326 g/mol. The van der Waals surface area contributed by atoms with E-state index in [0.29, 0.717) is 19.3 Å². The molecule has 0 bridgehead atoms. The quantitative estimate of drug-likeness (QED) is 0.727. The van der Waals surface area contributed by atoms with Gasteiger partial charge in [-0.2, -0.15) is 0 Å². The summed E-state index contributed by atoms with van der Waals surface area (Å²) in [6.45, 7) is 1.94. The molecule has 0 spiro atoms. The average Bonchev–Trinajstić information content (AvgIpc) is 2.59. The largest absolute Gasteiger partial charge is 0.481 e. The Balaban J connectivity index is 1.85. The minimum atomic E-state index is -0.822. The Hall–Kier alpha value is -2.69. The summed E-state index contributed by atoms with van der Waals surface area (Å²) >= 11 is 0. The van der Waals surface area contributed by atoms with E-state index in [2.05, 4.69) is 10.3 Å². The van der Waals surface area contributed by atoms with Crippen LogP contribution in [-0.4, -0.2) is 22.0 Å². The van der Waals surface area contributed by atoms with Crippen LogP contribution in [0.1, 0.15) is 44.2 Å². The highest BCUT2D eigenvalue weighted by Crippen LogP contribution is 2.21. The maximum atomic E-state index is 11.9. The Morgan fingerprint density at radius 2 is 1.79 bits per heavy atom. The van der Waals surface area contributed by atoms with Crippen molar-refractivity contribution < 1.29 is 14.7 Å². The summed E-state index contributed by atoms with van der Waals surface area (Å²) < 4.78 is 0. The number of carbonyl (C=O) groups excluding carboxylic acids is 1. The molecule has 24 heavy (non-hydrogen) atoms.